The van der Waals surface area contributed by atoms with E-state index in [1.807, 2.05) is 30.3 Å². The number of fused-ring (bicyclic) bond motifs is 2. The lowest BCUT2D eigenvalue weighted by Gasteiger charge is -2.27. The van der Waals surface area contributed by atoms with Gasteiger partial charge in [-0.25, -0.2) is 4.39 Å². The maximum Gasteiger partial charge on any atom is 0.253 e. The minimum absolute atomic E-state index is 0.0313. The third-order valence-electron chi connectivity index (χ3n) is 5.92. The number of amides is 2. The van der Waals surface area contributed by atoms with E-state index in [1.54, 1.807) is 27.1 Å². The van der Waals surface area contributed by atoms with Gasteiger partial charge >= 0.3 is 0 Å². The number of rotatable bonds is 6. The molecule has 0 saturated carbocycles. The zero-order valence-corrected chi connectivity index (χ0v) is 20.6. The zero-order valence-electron chi connectivity index (χ0n) is 19.0. The fourth-order valence-electron chi connectivity index (χ4n) is 3.95. The third kappa shape index (κ3) is 4.58. The highest BCUT2D eigenvalue weighted by Gasteiger charge is 2.35. The van der Waals surface area contributed by atoms with E-state index in [0.29, 0.717) is 11.4 Å². The van der Waals surface area contributed by atoms with Crippen molar-refractivity contribution in [2.75, 3.05) is 25.7 Å². The van der Waals surface area contributed by atoms with Gasteiger partial charge in [0.1, 0.15) is 18.4 Å². The first kappa shape index (κ1) is 24.0. The summed E-state index contributed by atoms with van der Waals surface area (Å²) >= 11 is 3.49. The number of carbonyl (C=O) groups excluding carboxylic acids is 2. The monoisotopic (exact) mass is 529 g/mol. The molecule has 1 aliphatic heterocycles. The van der Waals surface area contributed by atoms with Crippen LogP contribution in [0.3, 0.4) is 0 Å². The Hall–Kier alpha value is -3.17. The van der Waals surface area contributed by atoms with Crippen molar-refractivity contribution in [1.82, 2.24) is 10.6 Å². The average Bonchev–Trinajstić information content (AvgIpc) is 2.96. The van der Waals surface area contributed by atoms with Gasteiger partial charge in [0.2, 0.25) is 5.91 Å². The first-order chi connectivity index (χ1) is 16.3. The lowest BCUT2D eigenvalue weighted by atomic mass is 10.0. The van der Waals surface area contributed by atoms with Crippen molar-refractivity contribution in [1.29, 1.82) is 0 Å². The van der Waals surface area contributed by atoms with Gasteiger partial charge in [0.05, 0.1) is 25.4 Å². The first-order valence-electron chi connectivity index (χ1n) is 10.8. The van der Waals surface area contributed by atoms with E-state index < -0.39 is 23.8 Å². The number of hydrogen-bond acceptors (Lipinski definition) is 5. The Morgan fingerprint density at radius 2 is 2.09 bits per heavy atom. The van der Waals surface area contributed by atoms with Gasteiger partial charge in [-0.15, -0.1) is 0 Å². The molecule has 7 nitrogen and oxygen atoms in total. The number of nitrogens with zero attached hydrogens (tertiary/aromatic N) is 1. The van der Waals surface area contributed by atoms with Gasteiger partial charge in [-0.3, -0.25) is 9.59 Å². The molecule has 0 aliphatic carbocycles. The predicted octanol–water partition coefficient (Wildman–Crippen LogP) is 3.77. The Morgan fingerprint density at radius 1 is 1.29 bits per heavy atom. The molecule has 0 spiro atoms. The maximum atomic E-state index is 14.7. The SMILES string of the molecule is CN[C@@H](C)C(=O)N[C@H]1COc2c(F)cccc2N(Cc2c(OC)ccc3cc(Br)ccc23)C1=O. The molecule has 4 rings (SSSR count). The molecule has 178 valence electrons. The Bertz CT molecular complexity index is 1250. The van der Waals surface area contributed by atoms with Gasteiger partial charge in [-0.1, -0.05) is 34.1 Å². The normalized spacial score (nSPS) is 16.4. The Kier molecular flexibility index (Phi) is 7.04. The summed E-state index contributed by atoms with van der Waals surface area (Å²) in [7, 11) is 3.21. The van der Waals surface area contributed by atoms with Crippen LogP contribution in [0.2, 0.25) is 0 Å². The summed E-state index contributed by atoms with van der Waals surface area (Å²) in [6, 6.07) is 12.5. The van der Waals surface area contributed by atoms with E-state index in [-0.39, 0.29) is 24.8 Å². The molecule has 0 saturated heterocycles. The van der Waals surface area contributed by atoms with Gasteiger partial charge in [0.15, 0.2) is 11.6 Å². The van der Waals surface area contributed by atoms with Crippen LogP contribution in [0.1, 0.15) is 12.5 Å². The van der Waals surface area contributed by atoms with Crippen molar-refractivity contribution in [3.8, 4) is 11.5 Å². The molecule has 1 heterocycles. The first-order valence-corrected chi connectivity index (χ1v) is 11.6. The molecule has 3 aromatic rings. The number of anilines is 1. The number of halogens is 2. The van der Waals surface area contributed by atoms with Crippen molar-refractivity contribution in [2.45, 2.75) is 25.6 Å². The van der Waals surface area contributed by atoms with Crippen molar-refractivity contribution in [3.63, 3.8) is 0 Å². The summed E-state index contributed by atoms with van der Waals surface area (Å²) in [5.41, 5.74) is 1.05. The summed E-state index contributed by atoms with van der Waals surface area (Å²) < 4.78 is 26.9. The van der Waals surface area contributed by atoms with Crippen LogP contribution in [0.25, 0.3) is 10.8 Å². The van der Waals surface area contributed by atoms with Gasteiger partial charge < -0.3 is 25.0 Å². The predicted molar refractivity (Wildman–Crippen MR) is 132 cm³/mol. The summed E-state index contributed by atoms with van der Waals surface area (Å²) in [6.07, 6.45) is 0. The fourth-order valence-corrected chi connectivity index (χ4v) is 4.33. The zero-order chi connectivity index (χ0) is 24.4. The lowest BCUT2D eigenvalue weighted by molar-refractivity contribution is -0.129. The van der Waals surface area contributed by atoms with E-state index in [0.717, 1.165) is 20.8 Å². The molecule has 2 N–H and O–H groups in total. The van der Waals surface area contributed by atoms with Gasteiger partial charge in [-0.05, 0) is 55.1 Å². The van der Waals surface area contributed by atoms with E-state index >= 15 is 0 Å². The van der Waals surface area contributed by atoms with Gasteiger partial charge in [0.25, 0.3) is 5.91 Å². The number of nitrogens with one attached hydrogen (secondary N) is 2. The quantitative estimate of drug-likeness (QED) is 0.508. The summed E-state index contributed by atoms with van der Waals surface area (Å²) in [4.78, 5) is 27.7. The number of benzene rings is 3. The van der Waals surface area contributed by atoms with E-state index in [1.165, 1.54) is 17.0 Å². The highest BCUT2D eigenvalue weighted by Crippen LogP contribution is 2.38. The Morgan fingerprint density at radius 3 is 2.82 bits per heavy atom. The van der Waals surface area contributed by atoms with Crippen molar-refractivity contribution in [2.24, 2.45) is 0 Å². The van der Waals surface area contributed by atoms with Crippen molar-refractivity contribution in [3.05, 3.63) is 64.4 Å². The van der Waals surface area contributed by atoms with E-state index in [9.17, 15) is 14.0 Å². The lowest BCUT2D eigenvalue weighted by Crippen LogP contribution is -2.53. The number of ether oxygens (including phenoxy) is 2. The minimum atomic E-state index is -0.995. The number of hydrogen-bond donors (Lipinski definition) is 2. The molecule has 0 bridgehead atoms. The van der Waals surface area contributed by atoms with Crippen LogP contribution in [0, 0.1) is 5.82 Å². The molecule has 0 aromatic heterocycles. The second-order valence-corrected chi connectivity index (χ2v) is 8.92. The van der Waals surface area contributed by atoms with Crippen LogP contribution >= 0.6 is 15.9 Å². The third-order valence-corrected chi connectivity index (χ3v) is 6.42. The number of likely N-dealkylation sites (N-methyl/N-ethyl adjacent to an activating group) is 1. The van der Waals surface area contributed by atoms with Gasteiger partial charge in [0, 0.05) is 10.0 Å². The molecular weight excluding hydrogens is 505 g/mol. The number of methoxy groups -OCH3 is 1. The molecule has 0 unspecified atom stereocenters. The van der Waals surface area contributed by atoms with Crippen LogP contribution in [0.4, 0.5) is 10.1 Å². The average molecular weight is 530 g/mol. The van der Waals surface area contributed by atoms with Crippen molar-refractivity contribution < 1.29 is 23.5 Å². The van der Waals surface area contributed by atoms with Crippen LogP contribution < -0.4 is 25.0 Å². The second kappa shape index (κ2) is 9.99. The number of carbonyl (C=O) groups is 2. The minimum Gasteiger partial charge on any atom is -0.496 e. The molecule has 3 aromatic carbocycles. The highest BCUT2D eigenvalue weighted by atomic mass is 79.9. The fraction of sp³-hybridized carbons (Fsp3) is 0.280. The van der Waals surface area contributed by atoms with Gasteiger partial charge in [-0.2, -0.15) is 0 Å². The highest BCUT2D eigenvalue weighted by molar-refractivity contribution is 9.10. The van der Waals surface area contributed by atoms with Crippen molar-refractivity contribution >= 4 is 44.2 Å². The Balaban J connectivity index is 1.80. The summed E-state index contributed by atoms with van der Waals surface area (Å²) in [6.45, 7) is 1.59. The molecule has 9 heteroatoms. The molecule has 0 fully saturated rings. The standard InChI is InChI=1S/C25H25BrFN3O4/c1-14(28-2)24(31)29-20-13-34-23-19(27)5-4-6-21(23)30(25(20)32)12-18-17-9-8-16(26)11-15(17)7-10-22(18)33-3/h4-11,14,20,28H,12-13H2,1-3H3,(H,29,31)/t14-,20-/m0/s1. The van der Waals surface area contributed by atoms with Crippen LogP contribution in [0.5, 0.6) is 11.5 Å². The number of para-hydroxylation sites is 1. The smallest absolute Gasteiger partial charge is 0.253 e. The summed E-state index contributed by atoms with van der Waals surface area (Å²) in [5, 5.41) is 7.41. The molecule has 2 amide bonds. The molecule has 34 heavy (non-hydrogen) atoms. The second-order valence-electron chi connectivity index (χ2n) is 8.01. The van der Waals surface area contributed by atoms with E-state index in [2.05, 4.69) is 26.6 Å². The Labute approximate surface area is 205 Å². The maximum absolute atomic E-state index is 14.7. The summed E-state index contributed by atoms with van der Waals surface area (Å²) in [5.74, 6) is -0.786. The van der Waals surface area contributed by atoms with Crippen LogP contribution in [0.15, 0.2) is 53.0 Å². The molecule has 2 atom stereocenters. The molecule has 1 aliphatic rings. The molecule has 0 radical (unpaired) electrons. The largest absolute Gasteiger partial charge is 0.496 e. The topological polar surface area (TPSA) is 79.9 Å². The van der Waals surface area contributed by atoms with E-state index in [4.69, 9.17) is 9.47 Å². The van der Waals surface area contributed by atoms with Crippen LogP contribution in [-0.2, 0) is 16.1 Å². The molecular formula is C25H25BrFN3O4. The van der Waals surface area contributed by atoms with Crippen LogP contribution in [-0.4, -0.2) is 44.7 Å².